The maximum atomic E-state index is 13.6. The van der Waals surface area contributed by atoms with E-state index >= 15 is 0 Å². The predicted molar refractivity (Wildman–Crippen MR) is 138 cm³/mol. The average molecular weight is 553 g/mol. The van der Waals surface area contributed by atoms with E-state index < -0.39 is 0 Å². The molecule has 3 N–H and O–H groups in total. The molecule has 0 spiro atoms. The topological polar surface area (TPSA) is 68.8 Å². The normalized spacial score (nSPS) is 15.0. The number of rotatable bonds is 7. The van der Waals surface area contributed by atoms with Crippen molar-refractivity contribution in [2.75, 3.05) is 33.2 Å². The van der Waals surface area contributed by atoms with Gasteiger partial charge in [-0.1, -0.05) is 36.4 Å². The van der Waals surface area contributed by atoms with E-state index in [1.165, 1.54) is 11.6 Å². The minimum Gasteiger partial charge on any atom is -0.355 e. The third-order valence-corrected chi connectivity index (χ3v) is 5.54. The molecule has 1 fully saturated rings. The van der Waals surface area contributed by atoms with E-state index in [1.54, 1.807) is 26.1 Å². The number of nitrogens with one attached hydrogen (secondary N) is 3. The maximum absolute atomic E-state index is 13.6. The van der Waals surface area contributed by atoms with Gasteiger partial charge in [0.1, 0.15) is 5.82 Å². The molecule has 0 saturated carbocycles. The van der Waals surface area contributed by atoms with Crippen molar-refractivity contribution in [1.82, 2.24) is 20.9 Å². The molecule has 1 aliphatic rings. The fraction of sp³-hybridized carbons (Fsp3) is 0.417. The van der Waals surface area contributed by atoms with Crippen LogP contribution in [0.1, 0.15) is 34.3 Å². The van der Waals surface area contributed by atoms with E-state index in [2.05, 4.69) is 50.1 Å². The lowest BCUT2D eigenvalue weighted by atomic mass is 10.0. The fourth-order valence-electron chi connectivity index (χ4n) is 3.66. The second kappa shape index (κ2) is 13.4. The zero-order chi connectivity index (χ0) is 22.1. The van der Waals surface area contributed by atoms with E-state index in [4.69, 9.17) is 0 Å². The lowest BCUT2D eigenvalue weighted by molar-refractivity contribution is 0.0954. The Bertz CT molecular complexity index is 885. The van der Waals surface area contributed by atoms with Gasteiger partial charge in [-0.15, -0.1) is 24.0 Å². The molecule has 0 bridgehead atoms. The van der Waals surface area contributed by atoms with Crippen LogP contribution < -0.4 is 16.0 Å². The standard InChI is InChI=1S/C24H32FN5O.HI/c1-18-8-9-20(16-22(18)25)23(31)27-12-13-28-24(26-2)29-21-10-14-30(15-11-21)17-19-6-4-3-5-7-19;/h3-9,16,21H,10-15,17H2,1-2H3,(H,27,31)(H2,26,28,29);1H. The molecule has 0 unspecified atom stereocenters. The molecule has 0 atom stereocenters. The van der Waals surface area contributed by atoms with Gasteiger partial charge in [-0.3, -0.25) is 14.7 Å². The molecule has 174 valence electrons. The predicted octanol–water partition coefficient (Wildman–Crippen LogP) is 3.31. The summed E-state index contributed by atoms with van der Waals surface area (Å²) in [6.45, 7) is 5.72. The van der Waals surface area contributed by atoms with Crippen molar-refractivity contribution in [1.29, 1.82) is 0 Å². The van der Waals surface area contributed by atoms with E-state index in [-0.39, 0.29) is 35.7 Å². The van der Waals surface area contributed by atoms with Crippen molar-refractivity contribution in [3.05, 3.63) is 71.0 Å². The van der Waals surface area contributed by atoms with Crippen LogP contribution in [0.2, 0.25) is 0 Å². The number of nitrogens with zero attached hydrogens (tertiary/aromatic N) is 2. The lowest BCUT2D eigenvalue weighted by Gasteiger charge is -2.33. The summed E-state index contributed by atoms with van der Waals surface area (Å²) in [6.07, 6.45) is 2.12. The van der Waals surface area contributed by atoms with Crippen molar-refractivity contribution in [2.45, 2.75) is 32.4 Å². The molecule has 6 nitrogen and oxygen atoms in total. The van der Waals surface area contributed by atoms with Crippen LogP contribution in [-0.4, -0.2) is 56.0 Å². The number of aryl methyl sites for hydroxylation is 1. The van der Waals surface area contributed by atoms with Crippen molar-refractivity contribution in [3.8, 4) is 0 Å². The largest absolute Gasteiger partial charge is 0.355 e. The number of hydrogen-bond acceptors (Lipinski definition) is 3. The number of guanidine groups is 1. The summed E-state index contributed by atoms with van der Waals surface area (Å²) in [7, 11) is 1.74. The highest BCUT2D eigenvalue weighted by molar-refractivity contribution is 14.0. The molecule has 1 amide bonds. The zero-order valence-corrected chi connectivity index (χ0v) is 21.1. The SMILES string of the molecule is CN=C(NCCNC(=O)c1ccc(C)c(F)c1)NC1CCN(Cc2ccccc2)CC1.I. The number of hydrogen-bond donors (Lipinski definition) is 3. The van der Waals surface area contributed by atoms with Crippen molar-refractivity contribution in [2.24, 2.45) is 4.99 Å². The maximum Gasteiger partial charge on any atom is 0.251 e. The number of aliphatic imine (C=N–C) groups is 1. The van der Waals surface area contributed by atoms with Gasteiger partial charge in [0.05, 0.1) is 0 Å². The van der Waals surface area contributed by atoms with Crippen LogP contribution in [0.25, 0.3) is 0 Å². The number of likely N-dealkylation sites (tertiary alicyclic amines) is 1. The first-order valence-electron chi connectivity index (χ1n) is 10.8. The first kappa shape index (κ1) is 26.1. The minimum atomic E-state index is -0.370. The monoisotopic (exact) mass is 553 g/mol. The fourth-order valence-corrected chi connectivity index (χ4v) is 3.66. The Morgan fingerprint density at radius 1 is 1.09 bits per heavy atom. The summed E-state index contributed by atoms with van der Waals surface area (Å²) in [4.78, 5) is 18.9. The van der Waals surface area contributed by atoms with Gasteiger partial charge >= 0.3 is 0 Å². The second-order valence-electron chi connectivity index (χ2n) is 7.90. The molecule has 1 aliphatic heterocycles. The van der Waals surface area contributed by atoms with E-state index in [9.17, 15) is 9.18 Å². The summed E-state index contributed by atoms with van der Waals surface area (Å²) in [5, 5.41) is 9.51. The summed E-state index contributed by atoms with van der Waals surface area (Å²) in [5.74, 6) is 0.0803. The molecule has 3 rings (SSSR count). The van der Waals surface area contributed by atoms with Gasteiger partial charge in [0.15, 0.2) is 5.96 Å². The number of carbonyl (C=O) groups is 1. The summed E-state index contributed by atoms with van der Waals surface area (Å²) < 4.78 is 13.6. The van der Waals surface area contributed by atoms with Gasteiger partial charge < -0.3 is 16.0 Å². The minimum absolute atomic E-state index is 0. The van der Waals surface area contributed by atoms with Gasteiger partial charge in [0, 0.05) is 51.4 Å². The molecule has 0 aliphatic carbocycles. The third kappa shape index (κ3) is 8.05. The molecule has 2 aromatic rings. The van der Waals surface area contributed by atoms with E-state index in [1.807, 2.05) is 6.07 Å². The Morgan fingerprint density at radius 2 is 1.78 bits per heavy atom. The third-order valence-electron chi connectivity index (χ3n) is 5.54. The summed E-state index contributed by atoms with van der Waals surface area (Å²) in [6, 6.07) is 15.4. The van der Waals surface area contributed by atoms with E-state index in [0.717, 1.165) is 38.4 Å². The lowest BCUT2D eigenvalue weighted by Crippen LogP contribution is -2.49. The van der Waals surface area contributed by atoms with Crippen LogP contribution in [0.5, 0.6) is 0 Å². The second-order valence-corrected chi connectivity index (χ2v) is 7.90. The number of amides is 1. The van der Waals surface area contributed by atoms with Crippen LogP contribution >= 0.6 is 24.0 Å². The highest BCUT2D eigenvalue weighted by atomic mass is 127. The molecular weight excluding hydrogens is 520 g/mol. The summed E-state index contributed by atoms with van der Waals surface area (Å²) >= 11 is 0. The van der Waals surface area contributed by atoms with Gasteiger partial charge in [-0.25, -0.2) is 4.39 Å². The highest BCUT2D eigenvalue weighted by Gasteiger charge is 2.20. The van der Waals surface area contributed by atoms with Gasteiger partial charge in [0.25, 0.3) is 5.91 Å². The molecule has 0 aromatic heterocycles. The van der Waals surface area contributed by atoms with Crippen molar-refractivity contribution < 1.29 is 9.18 Å². The smallest absolute Gasteiger partial charge is 0.251 e. The quantitative estimate of drug-likeness (QED) is 0.213. The Morgan fingerprint density at radius 3 is 2.44 bits per heavy atom. The van der Waals surface area contributed by atoms with Crippen LogP contribution in [0.3, 0.4) is 0 Å². The molecule has 0 radical (unpaired) electrons. The first-order valence-corrected chi connectivity index (χ1v) is 10.8. The first-order chi connectivity index (χ1) is 15.0. The van der Waals surface area contributed by atoms with Crippen LogP contribution in [0.15, 0.2) is 53.5 Å². The van der Waals surface area contributed by atoms with Crippen molar-refractivity contribution in [3.63, 3.8) is 0 Å². The molecular formula is C24H33FIN5O. The van der Waals surface area contributed by atoms with Crippen LogP contribution in [0, 0.1) is 12.7 Å². The number of halogens is 2. The molecule has 32 heavy (non-hydrogen) atoms. The molecule has 2 aromatic carbocycles. The Hall–Kier alpha value is -2.20. The summed E-state index contributed by atoms with van der Waals surface area (Å²) in [5.41, 5.74) is 2.20. The van der Waals surface area contributed by atoms with Gasteiger partial charge in [0.2, 0.25) is 0 Å². The van der Waals surface area contributed by atoms with Crippen LogP contribution in [0.4, 0.5) is 4.39 Å². The highest BCUT2D eigenvalue weighted by Crippen LogP contribution is 2.14. The van der Waals surface area contributed by atoms with E-state index in [0.29, 0.717) is 30.3 Å². The number of carbonyl (C=O) groups excluding carboxylic acids is 1. The van der Waals surface area contributed by atoms with Crippen LogP contribution in [-0.2, 0) is 6.54 Å². The Labute approximate surface area is 207 Å². The molecule has 8 heteroatoms. The molecule has 1 heterocycles. The Balaban J connectivity index is 0.00000363. The number of benzene rings is 2. The van der Waals surface area contributed by atoms with Crippen molar-refractivity contribution >= 4 is 35.8 Å². The average Bonchev–Trinajstić information content (AvgIpc) is 2.79. The van der Waals surface area contributed by atoms with Gasteiger partial charge in [-0.2, -0.15) is 0 Å². The molecule has 1 saturated heterocycles. The van der Waals surface area contributed by atoms with Gasteiger partial charge in [-0.05, 0) is 43.0 Å². The number of piperidine rings is 1. The Kier molecular flexibility index (Phi) is 10.9. The zero-order valence-electron chi connectivity index (χ0n) is 18.7.